The van der Waals surface area contributed by atoms with E-state index in [1.165, 1.54) is 11.1 Å². The van der Waals surface area contributed by atoms with E-state index in [0.29, 0.717) is 6.54 Å². The van der Waals surface area contributed by atoms with Crippen LogP contribution in [0.2, 0.25) is 0 Å². The first-order valence-electron chi connectivity index (χ1n) is 10.3. The van der Waals surface area contributed by atoms with Crippen LogP contribution < -0.4 is 19.7 Å². The van der Waals surface area contributed by atoms with Crippen molar-refractivity contribution >= 4 is 17.3 Å². The smallest absolute Gasteiger partial charge is 0.238 e. The lowest BCUT2D eigenvalue weighted by Gasteiger charge is -2.29. The maximum Gasteiger partial charge on any atom is 0.238 e. The topological polar surface area (TPSA) is 63.3 Å². The lowest BCUT2D eigenvalue weighted by atomic mass is 9.99. The molecule has 2 aliphatic rings. The number of hydrogen-bond donors (Lipinski definition) is 1. The number of benzene rings is 2. The summed E-state index contributed by atoms with van der Waals surface area (Å²) < 4.78 is 16.2. The molecule has 0 unspecified atom stereocenters. The third-order valence-electron chi connectivity index (χ3n) is 5.69. The summed E-state index contributed by atoms with van der Waals surface area (Å²) in [5.74, 6) is 1.48. The Bertz CT molecular complexity index is 879. The molecule has 0 saturated carbocycles. The number of anilines is 2. The van der Waals surface area contributed by atoms with E-state index in [-0.39, 0.29) is 5.91 Å². The molecule has 0 bridgehead atoms. The number of amides is 1. The van der Waals surface area contributed by atoms with Gasteiger partial charge >= 0.3 is 0 Å². The lowest BCUT2D eigenvalue weighted by Crippen LogP contribution is -2.37. The van der Waals surface area contributed by atoms with Crippen molar-refractivity contribution in [2.24, 2.45) is 0 Å². The Morgan fingerprint density at radius 3 is 2.33 bits per heavy atom. The monoisotopic (exact) mass is 411 g/mol. The van der Waals surface area contributed by atoms with E-state index in [0.717, 1.165) is 68.7 Å². The number of morpholine rings is 1. The minimum absolute atomic E-state index is 0.00181. The molecule has 2 aromatic carbocycles. The highest BCUT2D eigenvalue weighted by Gasteiger charge is 2.21. The standard InChI is InChI=1S/C23H29N3O4/c1-28-21-13-17-7-8-25(15-18(17)14-22(21)29-2)16-23(27)24-19-3-5-20(6-4-19)26-9-11-30-12-10-26/h3-6,13-14H,7-12,15-16H2,1-2H3,(H,24,27). The first kappa shape index (κ1) is 20.5. The molecule has 1 amide bonds. The predicted molar refractivity (Wildman–Crippen MR) is 117 cm³/mol. The number of rotatable bonds is 6. The Kier molecular flexibility index (Phi) is 6.40. The number of ether oxygens (including phenoxy) is 3. The normalized spacial score (nSPS) is 16.7. The van der Waals surface area contributed by atoms with Crippen LogP contribution in [0.25, 0.3) is 0 Å². The predicted octanol–water partition coefficient (Wildman–Crippen LogP) is 2.54. The van der Waals surface area contributed by atoms with Crippen molar-refractivity contribution in [3.8, 4) is 11.5 Å². The molecule has 1 saturated heterocycles. The van der Waals surface area contributed by atoms with E-state index in [4.69, 9.17) is 14.2 Å². The van der Waals surface area contributed by atoms with Crippen molar-refractivity contribution < 1.29 is 19.0 Å². The average molecular weight is 412 g/mol. The fourth-order valence-electron chi connectivity index (χ4n) is 4.06. The number of nitrogens with one attached hydrogen (secondary N) is 1. The first-order chi connectivity index (χ1) is 14.7. The Hall–Kier alpha value is -2.77. The Morgan fingerprint density at radius 1 is 1.00 bits per heavy atom. The average Bonchev–Trinajstić information content (AvgIpc) is 2.79. The number of fused-ring (bicyclic) bond motifs is 1. The van der Waals surface area contributed by atoms with E-state index < -0.39 is 0 Å². The third-order valence-corrected chi connectivity index (χ3v) is 5.69. The van der Waals surface area contributed by atoms with Gasteiger partial charge in [-0.1, -0.05) is 0 Å². The molecular weight excluding hydrogens is 382 g/mol. The number of nitrogens with zero attached hydrogens (tertiary/aromatic N) is 2. The molecule has 0 spiro atoms. The van der Waals surface area contributed by atoms with Gasteiger partial charge < -0.3 is 24.4 Å². The Balaban J connectivity index is 1.33. The van der Waals surface area contributed by atoms with Crippen molar-refractivity contribution in [3.63, 3.8) is 0 Å². The maximum absolute atomic E-state index is 12.6. The van der Waals surface area contributed by atoms with E-state index >= 15 is 0 Å². The summed E-state index contributed by atoms with van der Waals surface area (Å²) >= 11 is 0. The lowest BCUT2D eigenvalue weighted by molar-refractivity contribution is -0.117. The molecule has 7 heteroatoms. The highest BCUT2D eigenvalue weighted by Crippen LogP contribution is 2.33. The molecular formula is C23H29N3O4. The molecule has 2 aromatic rings. The van der Waals surface area contributed by atoms with Crippen LogP contribution in [0.1, 0.15) is 11.1 Å². The molecule has 0 radical (unpaired) electrons. The third kappa shape index (κ3) is 4.68. The molecule has 30 heavy (non-hydrogen) atoms. The van der Waals surface area contributed by atoms with Gasteiger partial charge in [-0.05, 0) is 53.9 Å². The number of methoxy groups -OCH3 is 2. The highest BCUT2D eigenvalue weighted by molar-refractivity contribution is 5.92. The summed E-state index contributed by atoms with van der Waals surface area (Å²) in [6.07, 6.45) is 0.886. The van der Waals surface area contributed by atoms with Gasteiger partial charge in [-0.3, -0.25) is 9.69 Å². The first-order valence-corrected chi connectivity index (χ1v) is 10.3. The summed E-state index contributed by atoms with van der Waals surface area (Å²) in [6.45, 7) is 5.24. The van der Waals surface area contributed by atoms with Gasteiger partial charge in [-0.15, -0.1) is 0 Å². The Labute approximate surface area is 177 Å². The van der Waals surface area contributed by atoms with Crippen LogP contribution in [0.5, 0.6) is 11.5 Å². The van der Waals surface area contributed by atoms with Crippen LogP contribution in [-0.4, -0.2) is 64.4 Å². The summed E-state index contributed by atoms with van der Waals surface area (Å²) in [4.78, 5) is 17.0. The molecule has 2 aliphatic heterocycles. The van der Waals surface area contributed by atoms with Gasteiger partial charge in [0.1, 0.15) is 0 Å². The fraction of sp³-hybridized carbons (Fsp3) is 0.435. The second-order valence-corrected chi connectivity index (χ2v) is 7.63. The van der Waals surface area contributed by atoms with E-state index in [1.807, 2.05) is 24.3 Å². The fourth-order valence-corrected chi connectivity index (χ4v) is 4.06. The minimum Gasteiger partial charge on any atom is -0.493 e. The van der Waals surface area contributed by atoms with Crippen LogP contribution in [0.15, 0.2) is 36.4 Å². The summed E-state index contributed by atoms with van der Waals surface area (Å²) in [5, 5.41) is 3.02. The van der Waals surface area contributed by atoms with Crippen LogP contribution in [0.4, 0.5) is 11.4 Å². The summed E-state index contributed by atoms with van der Waals surface area (Å²) in [5.41, 5.74) is 4.42. The van der Waals surface area contributed by atoms with Gasteiger partial charge in [0, 0.05) is 37.6 Å². The molecule has 160 valence electrons. The van der Waals surface area contributed by atoms with Crippen molar-refractivity contribution in [2.45, 2.75) is 13.0 Å². The van der Waals surface area contributed by atoms with E-state index in [2.05, 4.69) is 27.2 Å². The van der Waals surface area contributed by atoms with Crippen LogP contribution >= 0.6 is 0 Å². The molecule has 1 N–H and O–H groups in total. The zero-order valence-electron chi connectivity index (χ0n) is 17.6. The quantitative estimate of drug-likeness (QED) is 0.788. The van der Waals surface area contributed by atoms with Gasteiger partial charge in [0.15, 0.2) is 11.5 Å². The largest absolute Gasteiger partial charge is 0.493 e. The van der Waals surface area contributed by atoms with Crippen molar-refractivity contribution in [1.29, 1.82) is 0 Å². The molecule has 1 fully saturated rings. The van der Waals surface area contributed by atoms with Crippen LogP contribution in [0.3, 0.4) is 0 Å². The zero-order chi connectivity index (χ0) is 20.9. The van der Waals surface area contributed by atoms with Gasteiger partial charge in [-0.25, -0.2) is 0 Å². The van der Waals surface area contributed by atoms with Crippen LogP contribution in [0, 0.1) is 0 Å². The second-order valence-electron chi connectivity index (χ2n) is 7.63. The van der Waals surface area contributed by atoms with Crippen molar-refractivity contribution in [3.05, 3.63) is 47.5 Å². The minimum atomic E-state index is -0.00181. The summed E-state index contributed by atoms with van der Waals surface area (Å²) in [7, 11) is 3.29. The van der Waals surface area contributed by atoms with Gasteiger partial charge in [-0.2, -0.15) is 0 Å². The highest BCUT2D eigenvalue weighted by atomic mass is 16.5. The second kappa shape index (κ2) is 9.36. The van der Waals surface area contributed by atoms with Crippen molar-refractivity contribution in [1.82, 2.24) is 4.90 Å². The molecule has 4 rings (SSSR count). The molecule has 0 aromatic heterocycles. The zero-order valence-corrected chi connectivity index (χ0v) is 17.6. The number of hydrogen-bond acceptors (Lipinski definition) is 6. The van der Waals surface area contributed by atoms with Gasteiger partial charge in [0.05, 0.1) is 34.0 Å². The molecule has 7 nitrogen and oxygen atoms in total. The van der Waals surface area contributed by atoms with E-state index in [1.54, 1.807) is 14.2 Å². The number of carbonyl (C=O) groups excluding carboxylic acids is 1. The molecule has 0 atom stereocenters. The SMILES string of the molecule is COc1cc2c(cc1OC)CN(CC(=O)Nc1ccc(N3CCOCC3)cc1)CC2. The van der Waals surface area contributed by atoms with E-state index in [9.17, 15) is 4.79 Å². The molecule has 2 heterocycles. The summed E-state index contributed by atoms with van der Waals surface area (Å²) in [6, 6.07) is 12.1. The molecule has 0 aliphatic carbocycles. The van der Waals surface area contributed by atoms with Crippen LogP contribution in [-0.2, 0) is 22.5 Å². The number of carbonyl (C=O) groups is 1. The maximum atomic E-state index is 12.6. The van der Waals surface area contributed by atoms with Gasteiger partial charge in [0.25, 0.3) is 0 Å². The van der Waals surface area contributed by atoms with Gasteiger partial charge in [0.2, 0.25) is 5.91 Å². The van der Waals surface area contributed by atoms with Crippen molar-refractivity contribution in [2.75, 3.05) is 63.8 Å². The Morgan fingerprint density at radius 2 is 1.67 bits per heavy atom.